The van der Waals surface area contributed by atoms with Crippen molar-refractivity contribution in [3.05, 3.63) is 12.2 Å². The first-order valence-electron chi connectivity index (χ1n) is 4.71. The van der Waals surface area contributed by atoms with Crippen LogP contribution in [0.1, 0.15) is 12.8 Å². The summed E-state index contributed by atoms with van der Waals surface area (Å²) in [6.07, 6.45) is 6.22. The second-order valence-electron chi connectivity index (χ2n) is 4.08. The Balaban J connectivity index is 2.07. The summed E-state index contributed by atoms with van der Waals surface area (Å²) in [5.41, 5.74) is 0. The van der Waals surface area contributed by atoms with Crippen LogP contribution in [0, 0.1) is 23.7 Å². The van der Waals surface area contributed by atoms with Crippen LogP contribution in [0.5, 0.6) is 0 Å². The van der Waals surface area contributed by atoms with Crippen molar-refractivity contribution in [1.82, 2.24) is 0 Å². The second-order valence-corrected chi connectivity index (χ2v) is 4.08. The van der Waals surface area contributed by atoms with Gasteiger partial charge in [-0.2, -0.15) is 0 Å². The fourth-order valence-electron chi connectivity index (χ4n) is 2.87. The van der Waals surface area contributed by atoms with Gasteiger partial charge >= 0.3 is 11.9 Å². The highest BCUT2D eigenvalue weighted by molar-refractivity contribution is 5.97. The molecule has 3 heteroatoms. The van der Waals surface area contributed by atoms with E-state index in [1.165, 1.54) is 0 Å². The smallest absolute Gasteiger partial charge is 0.318 e. The molecule has 0 amide bonds. The summed E-state index contributed by atoms with van der Waals surface area (Å²) in [5, 5.41) is 0. The van der Waals surface area contributed by atoms with Gasteiger partial charge in [-0.05, 0) is 24.7 Å². The van der Waals surface area contributed by atoms with E-state index in [1.807, 2.05) is 0 Å². The lowest BCUT2D eigenvalue weighted by molar-refractivity contribution is -0.154. The molecule has 68 valence electrons. The molecule has 4 rings (SSSR count). The van der Waals surface area contributed by atoms with Crippen LogP contribution in [0.2, 0.25) is 0 Å². The molecule has 1 saturated heterocycles. The molecule has 3 nitrogen and oxygen atoms in total. The van der Waals surface area contributed by atoms with Crippen molar-refractivity contribution in [3.63, 3.8) is 0 Å². The first kappa shape index (κ1) is 7.30. The number of ether oxygens (including phenoxy) is 1. The van der Waals surface area contributed by atoms with Crippen LogP contribution >= 0.6 is 0 Å². The van der Waals surface area contributed by atoms with Crippen molar-refractivity contribution in [2.45, 2.75) is 12.8 Å². The first-order valence-corrected chi connectivity index (χ1v) is 4.71. The van der Waals surface area contributed by atoms with Gasteiger partial charge < -0.3 is 4.74 Å². The standard InChI is InChI=1S/C10H10O3/c11-9-7-5-1-2-6(4-3-5)8(7)10(12)13-9/h1-2,5-8H,3-4H2/t5-,6-,7+,8+/m1/s1. The van der Waals surface area contributed by atoms with Crippen LogP contribution in [0.15, 0.2) is 12.2 Å². The van der Waals surface area contributed by atoms with Crippen molar-refractivity contribution in [2.24, 2.45) is 23.7 Å². The third-order valence-corrected chi connectivity index (χ3v) is 3.49. The molecule has 4 aliphatic rings. The number of hydrogen-bond acceptors (Lipinski definition) is 3. The minimum absolute atomic E-state index is 0.156. The lowest BCUT2D eigenvalue weighted by Crippen LogP contribution is -2.38. The van der Waals surface area contributed by atoms with E-state index in [2.05, 4.69) is 16.9 Å². The third kappa shape index (κ3) is 0.794. The Morgan fingerprint density at radius 1 is 1.00 bits per heavy atom. The van der Waals surface area contributed by atoms with E-state index < -0.39 is 0 Å². The zero-order valence-electron chi connectivity index (χ0n) is 7.10. The summed E-state index contributed by atoms with van der Waals surface area (Å²) < 4.78 is 4.67. The van der Waals surface area contributed by atoms with Gasteiger partial charge in [0.25, 0.3) is 0 Å². The number of hydrogen-bond donors (Lipinski definition) is 0. The van der Waals surface area contributed by atoms with Crippen molar-refractivity contribution in [2.75, 3.05) is 0 Å². The zero-order chi connectivity index (χ0) is 9.00. The fraction of sp³-hybridized carbons (Fsp3) is 0.600. The molecule has 0 radical (unpaired) electrons. The number of carbonyl (C=O) groups excluding carboxylic acids is 2. The van der Waals surface area contributed by atoms with Crippen molar-refractivity contribution in [3.8, 4) is 0 Å². The number of fused-ring (bicyclic) bond motifs is 1. The molecule has 1 saturated carbocycles. The predicted molar refractivity (Wildman–Crippen MR) is 43.4 cm³/mol. The number of esters is 2. The molecule has 0 aromatic heterocycles. The normalized spacial score (nSPS) is 46.5. The summed E-state index contributed by atoms with van der Waals surface area (Å²) in [6, 6.07) is 0. The van der Waals surface area contributed by atoms with E-state index in [1.54, 1.807) is 0 Å². The van der Waals surface area contributed by atoms with Crippen LogP contribution in [-0.2, 0) is 14.3 Å². The van der Waals surface area contributed by atoms with Gasteiger partial charge in [0.15, 0.2) is 0 Å². The van der Waals surface area contributed by atoms with Gasteiger partial charge in [-0.15, -0.1) is 0 Å². The Kier molecular flexibility index (Phi) is 1.25. The molecular weight excluding hydrogens is 168 g/mol. The highest BCUT2D eigenvalue weighted by atomic mass is 16.6. The van der Waals surface area contributed by atoms with Crippen LogP contribution in [0.3, 0.4) is 0 Å². The van der Waals surface area contributed by atoms with E-state index >= 15 is 0 Å². The molecule has 3 aliphatic carbocycles. The van der Waals surface area contributed by atoms with Gasteiger partial charge in [-0.25, -0.2) is 0 Å². The van der Waals surface area contributed by atoms with E-state index in [0.29, 0.717) is 0 Å². The van der Waals surface area contributed by atoms with E-state index in [-0.39, 0.29) is 35.6 Å². The van der Waals surface area contributed by atoms with Gasteiger partial charge in [-0.1, -0.05) is 12.2 Å². The molecule has 2 fully saturated rings. The molecule has 0 unspecified atom stereocenters. The Hall–Kier alpha value is -1.12. The Bertz CT molecular complexity index is 288. The lowest BCUT2D eigenvalue weighted by atomic mass is 9.63. The predicted octanol–water partition coefficient (Wildman–Crippen LogP) is 0.898. The summed E-state index contributed by atoms with van der Waals surface area (Å²) in [4.78, 5) is 22.7. The SMILES string of the molecule is O=C1OC(=O)[C@@H]2[C@@H]1[C@@H]1C=C[C@@H]2CC1. The topological polar surface area (TPSA) is 43.4 Å². The molecule has 1 heterocycles. The Morgan fingerprint density at radius 3 is 1.85 bits per heavy atom. The maximum Gasteiger partial charge on any atom is 0.318 e. The highest BCUT2D eigenvalue weighted by Gasteiger charge is 2.54. The zero-order valence-corrected chi connectivity index (χ0v) is 7.10. The summed E-state index contributed by atoms with van der Waals surface area (Å²) in [7, 11) is 0. The maximum absolute atomic E-state index is 11.3. The summed E-state index contributed by atoms with van der Waals surface area (Å²) >= 11 is 0. The molecule has 1 aliphatic heterocycles. The average Bonchev–Trinajstić information content (AvgIpc) is 2.47. The minimum atomic E-state index is -0.297. The molecule has 4 atom stereocenters. The number of rotatable bonds is 0. The Labute approximate surface area is 75.8 Å². The quantitative estimate of drug-likeness (QED) is 0.314. The van der Waals surface area contributed by atoms with E-state index in [0.717, 1.165) is 12.8 Å². The Morgan fingerprint density at radius 2 is 1.46 bits per heavy atom. The molecule has 0 aromatic rings. The van der Waals surface area contributed by atoms with Crippen LogP contribution in [-0.4, -0.2) is 11.9 Å². The van der Waals surface area contributed by atoms with Crippen molar-refractivity contribution >= 4 is 11.9 Å². The lowest BCUT2D eigenvalue weighted by Gasteiger charge is -2.37. The number of cyclic esters (lactones) is 2. The largest absolute Gasteiger partial charge is 0.393 e. The highest BCUT2D eigenvalue weighted by Crippen LogP contribution is 2.48. The molecule has 0 spiro atoms. The summed E-state index contributed by atoms with van der Waals surface area (Å²) in [5.74, 6) is -0.390. The number of allylic oxidation sites excluding steroid dienone is 2. The van der Waals surface area contributed by atoms with Gasteiger partial charge in [0.05, 0.1) is 11.8 Å². The second kappa shape index (κ2) is 2.22. The van der Waals surface area contributed by atoms with Crippen molar-refractivity contribution in [1.29, 1.82) is 0 Å². The van der Waals surface area contributed by atoms with Gasteiger partial charge in [0.2, 0.25) is 0 Å². The van der Waals surface area contributed by atoms with Crippen LogP contribution < -0.4 is 0 Å². The first-order chi connectivity index (χ1) is 6.27. The minimum Gasteiger partial charge on any atom is -0.393 e. The van der Waals surface area contributed by atoms with Crippen LogP contribution in [0.25, 0.3) is 0 Å². The van der Waals surface area contributed by atoms with Gasteiger partial charge in [0, 0.05) is 0 Å². The monoisotopic (exact) mass is 178 g/mol. The van der Waals surface area contributed by atoms with Crippen molar-refractivity contribution < 1.29 is 14.3 Å². The maximum atomic E-state index is 11.3. The molecule has 2 bridgehead atoms. The average molecular weight is 178 g/mol. The van der Waals surface area contributed by atoms with Gasteiger partial charge in [0.1, 0.15) is 0 Å². The summed E-state index contributed by atoms with van der Waals surface area (Å²) in [6.45, 7) is 0. The van der Waals surface area contributed by atoms with E-state index in [9.17, 15) is 9.59 Å². The molecule has 13 heavy (non-hydrogen) atoms. The van der Waals surface area contributed by atoms with Gasteiger partial charge in [-0.3, -0.25) is 9.59 Å². The number of carbonyl (C=O) groups is 2. The molecule has 0 aromatic carbocycles. The third-order valence-electron chi connectivity index (χ3n) is 3.49. The van der Waals surface area contributed by atoms with E-state index in [4.69, 9.17) is 0 Å². The van der Waals surface area contributed by atoms with Crippen LogP contribution in [0.4, 0.5) is 0 Å². The molecule has 0 N–H and O–H groups in total. The fourth-order valence-corrected chi connectivity index (χ4v) is 2.87. The molecular formula is C10H10O3.